The van der Waals surface area contributed by atoms with Gasteiger partial charge in [-0.05, 0) is 42.9 Å². The molecule has 27 heavy (non-hydrogen) atoms. The Labute approximate surface area is 160 Å². The number of benzene rings is 1. The fourth-order valence-corrected chi connectivity index (χ4v) is 4.26. The molecule has 2 aliphatic rings. The van der Waals surface area contributed by atoms with Crippen molar-refractivity contribution in [2.24, 2.45) is 11.8 Å². The molecule has 2 fully saturated rings. The van der Waals surface area contributed by atoms with Crippen LogP contribution in [-0.4, -0.2) is 45.7 Å². The molecule has 1 aliphatic heterocycles. The average Bonchev–Trinajstić information content (AvgIpc) is 3.27. The van der Waals surface area contributed by atoms with Crippen molar-refractivity contribution < 1.29 is 18.7 Å². The molecule has 1 saturated heterocycles. The summed E-state index contributed by atoms with van der Waals surface area (Å²) in [5.74, 6) is 0.525. The van der Waals surface area contributed by atoms with Crippen LogP contribution in [0.3, 0.4) is 0 Å². The minimum Gasteiger partial charge on any atom is -0.490 e. The number of carbonyl (C=O) groups excluding carboxylic acids is 2. The zero-order chi connectivity index (χ0) is 19.1. The lowest BCUT2D eigenvalue weighted by atomic mass is 10.0. The van der Waals surface area contributed by atoms with E-state index in [1.54, 1.807) is 17.0 Å². The van der Waals surface area contributed by atoms with Gasteiger partial charge in [-0.15, -0.1) is 0 Å². The second-order valence-electron chi connectivity index (χ2n) is 7.23. The maximum atomic E-state index is 13.4. The Morgan fingerprint density at radius 3 is 2.52 bits per heavy atom. The van der Waals surface area contributed by atoms with Crippen LogP contribution >= 0.6 is 11.6 Å². The highest BCUT2D eigenvalue weighted by molar-refractivity contribution is 6.30. The van der Waals surface area contributed by atoms with Crippen LogP contribution in [0.2, 0.25) is 5.02 Å². The van der Waals surface area contributed by atoms with Gasteiger partial charge in [0, 0.05) is 37.3 Å². The lowest BCUT2D eigenvalue weighted by molar-refractivity contribution is 0.101. The zero-order valence-corrected chi connectivity index (χ0v) is 15.5. The van der Waals surface area contributed by atoms with Gasteiger partial charge in [0.1, 0.15) is 17.3 Å². The lowest BCUT2D eigenvalue weighted by Crippen LogP contribution is -2.34. The van der Waals surface area contributed by atoms with Crippen molar-refractivity contribution in [3.63, 3.8) is 0 Å². The van der Waals surface area contributed by atoms with Gasteiger partial charge in [-0.3, -0.25) is 4.79 Å². The monoisotopic (exact) mass is 391 g/mol. The maximum Gasteiger partial charge on any atom is 0.344 e. The van der Waals surface area contributed by atoms with Crippen molar-refractivity contribution in [3.05, 3.63) is 47.0 Å². The van der Waals surface area contributed by atoms with E-state index in [1.807, 2.05) is 0 Å². The summed E-state index contributed by atoms with van der Waals surface area (Å²) >= 11 is 5.87. The van der Waals surface area contributed by atoms with E-state index in [2.05, 4.69) is 5.10 Å². The van der Waals surface area contributed by atoms with E-state index in [0.717, 1.165) is 12.8 Å². The Kier molecular flexibility index (Phi) is 4.63. The van der Waals surface area contributed by atoms with Crippen LogP contribution in [0.25, 0.3) is 0 Å². The normalized spacial score (nSPS) is 24.1. The van der Waals surface area contributed by atoms with Crippen molar-refractivity contribution in [3.8, 4) is 5.75 Å². The van der Waals surface area contributed by atoms with Gasteiger partial charge < -0.3 is 9.64 Å². The maximum absolute atomic E-state index is 13.4. The van der Waals surface area contributed by atoms with E-state index in [0.29, 0.717) is 35.7 Å². The number of likely N-dealkylation sites (tertiary alicyclic amines) is 1. The molecule has 8 heteroatoms. The predicted octanol–water partition coefficient (Wildman–Crippen LogP) is 3.64. The number of carbonyl (C=O) groups is 2. The molecule has 1 amide bonds. The third-order valence-corrected chi connectivity index (χ3v) is 5.48. The van der Waals surface area contributed by atoms with Crippen molar-refractivity contribution >= 4 is 23.4 Å². The summed E-state index contributed by atoms with van der Waals surface area (Å²) in [4.78, 5) is 25.7. The highest BCUT2D eigenvalue weighted by Gasteiger charge is 2.43. The molecule has 0 spiro atoms. The van der Waals surface area contributed by atoms with Crippen molar-refractivity contribution in [1.82, 2.24) is 14.7 Å². The SMILES string of the molecule is CC(=O)c1ccn(C(=O)N2C[C@H]3CC(Oc4cc(F)cc(Cl)c4)C[C@H]3C2)n1. The van der Waals surface area contributed by atoms with Gasteiger partial charge in [0.15, 0.2) is 5.78 Å². The molecule has 2 aromatic rings. The van der Waals surface area contributed by atoms with E-state index >= 15 is 0 Å². The van der Waals surface area contributed by atoms with Crippen LogP contribution in [0.4, 0.5) is 9.18 Å². The Balaban J connectivity index is 1.36. The minimum atomic E-state index is -0.420. The minimum absolute atomic E-state index is 0.0101. The smallest absolute Gasteiger partial charge is 0.344 e. The number of ketones is 1. The number of amides is 1. The predicted molar refractivity (Wildman–Crippen MR) is 96.6 cm³/mol. The fourth-order valence-electron chi connectivity index (χ4n) is 4.05. The number of halogens is 2. The van der Waals surface area contributed by atoms with Gasteiger partial charge in [0.05, 0.1) is 6.10 Å². The molecule has 0 radical (unpaired) electrons. The second kappa shape index (κ2) is 6.96. The van der Waals surface area contributed by atoms with Crippen molar-refractivity contribution in [2.45, 2.75) is 25.9 Å². The summed E-state index contributed by atoms with van der Waals surface area (Å²) in [5.41, 5.74) is 0.282. The van der Waals surface area contributed by atoms with Crippen LogP contribution < -0.4 is 4.74 Å². The molecule has 2 heterocycles. The second-order valence-corrected chi connectivity index (χ2v) is 7.66. The molecule has 142 valence electrons. The molecule has 1 aliphatic carbocycles. The van der Waals surface area contributed by atoms with Gasteiger partial charge in [-0.25, -0.2) is 9.18 Å². The topological polar surface area (TPSA) is 64.4 Å². The first-order chi connectivity index (χ1) is 12.9. The Hall–Kier alpha value is -2.41. The van der Waals surface area contributed by atoms with Gasteiger partial charge in [-0.1, -0.05) is 11.6 Å². The first-order valence-electron chi connectivity index (χ1n) is 8.87. The van der Waals surface area contributed by atoms with E-state index < -0.39 is 5.82 Å². The number of nitrogens with zero attached hydrogens (tertiary/aromatic N) is 3. The first kappa shape index (κ1) is 18.0. The number of aromatic nitrogens is 2. The summed E-state index contributed by atoms with van der Waals surface area (Å²) in [6, 6.07) is 5.52. The van der Waals surface area contributed by atoms with Crippen LogP contribution in [0, 0.1) is 17.7 Å². The van der Waals surface area contributed by atoms with Crippen LogP contribution in [-0.2, 0) is 0 Å². The van der Waals surface area contributed by atoms with E-state index in [9.17, 15) is 14.0 Å². The first-order valence-corrected chi connectivity index (χ1v) is 9.25. The third-order valence-electron chi connectivity index (χ3n) is 5.26. The van der Waals surface area contributed by atoms with Gasteiger partial charge >= 0.3 is 6.03 Å². The van der Waals surface area contributed by atoms with Crippen molar-refractivity contribution in [2.75, 3.05) is 13.1 Å². The van der Waals surface area contributed by atoms with Crippen LogP contribution in [0.1, 0.15) is 30.3 Å². The highest BCUT2D eigenvalue weighted by Crippen LogP contribution is 2.40. The Morgan fingerprint density at radius 2 is 1.93 bits per heavy atom. The molecule has 3 atom stereocenters. The quantitative estimate of drug-likeness (QED) is 0.749. The molecule has 1 saturated carbocycles. The van der Waals surface area contributed by atoms with Gasteiger partial charge in [0.25, 0.3) is 0 Å². The number of hydrogen-bond donors (Lipinski definition) is 0. The molecule has 1 unspecified atom stereocenters. The number of fused-ring (bicyclic) bond motifs is 1. The largest absolute Gasteiger partial charge is 0.490 e. The molecule has 6 nitrogen and oxygen atoms in total. The lowest BCUT2D eigenvalue weighted by Gasteiger charge is -2.20. The summed E-state index contributed by atoms with van der Waals surface area (Å²) in [6.45, 7) is 2.67. The zero-order valence-electron chi connectivity index (χ0n) is 14.8. The standard InChI is InChI=1S/C19H19ClFN3O3/c1-11(25)18-2-3-24(22-18)19(26)23-9-12-4-16(5-13(12)10-23)27-17-7-14(20)6-15(21)8-17/h2-3,6-8,12-13,16H,4-5,9-10H2,1H3/t12-,13+,16?. The van der Waals surface area contributed by atoms with Gasteiger partial charge in [0.2, 0.25) is 0 Å². The summed E-state index contributed by atoms with van der Waals surface area (Å²) in [7, 11) is 0. The summed E-state index contributed by atoms with van der Waals surface area (Å²) in [5, 5.41) is 4.35. The summed E-state index contributed by atoms with van der Waals surface area (Å²) < 4.78 is 20.6. The van der Waals surface area contributed by atoms with Crippen LogP contribution in [0.15, 0.2) is 30.5 Å². The number of rotatable bonds is 3. The number of Topliss-reactive ketones (excluding diaryl/α,β-unsaturated/α-hetero) is 1. The molecule has 4 rings (SSSR count). The Morgan fingerprint density at radius 1 is 1.22 bits per heavy atom. The molecule has 1 aromatic carbocycles. The number of hydrogen-bond acceptors (Lipinski definition) is 4. The third kappa shape index (κ3) is 3.69. The van der Waals surface area contributed by atoms with Crippen molar-refractivity contribution in [1.29, 1.82) is 0 Å². The molecule has 0 bridgehead atoms. The van der Waals surface area contributed by atoms with E-state index in [-0.39, 0.29) is 23.6 Å². The Bertz CT molecular complexity index is 866. The van der Waals surface area contributed by atoms with Crippen LogP contribution in [0.5, 0.6) is 5.75 Å². The van der Waals surface area contributed by atoms with Gasteiger partial charge in [-0.2, -0.15) is 9.78 Å². The molecule has 0 N–H and O–H groups in total. The molecular weight excluding hydrogens is 373 g/mol. The van der Waals surface area contributed by atoms with E-state index in [1.165, 1.54) is 29.9 Å². The summed E-state index contributed by atoms with van der Waals surface area (Å²) in [6.07, 6.45) is 3.12. The molecular formula is C19H19ClFN3O3. The average molecular weight is 392 g/mol. The fraction of sp³-hybridized carbons (Fsp3) is 0.421. The highest BCUT2D eigenvalue weighted by atomic mass is 35.5. The number of ether oxygens (including phenoxy) is 1. The van der Waals surface area contributed by atoms with E-state index in [4.69, 9.17) is 16.3 Å². The molecule has 1 aromatic heterocycles.